The summed E-state index contributed by atoms with van der Waals surface area (Å²) in [5, 5.41) is 0. The Labute approximate surface area is 110 Å². The second-order valence-electron chi connectivity index (χ2n) is 4.97. The summed E-state index contributed by atoms with van der Waals surface area (Å²) in [7, 11) is 0. The molecule has 1 rings (SSSR count). The maximum atomic E-state index is 5.89. The summed E-state index contributed by atoms with van der Waals surface area (Å²) in [5.41, 5.74) is 6.93. The third-order valence-corrected chi connectivity index (χ3v) is 2.73. The molecular weight excluding hydrogens is 226 g/mol. The molecule has 0 spiro atoms. The lowest BCUT2D eigenvalue weighted by Gasteiger charge is -2.14. The fourth-order valence-corrected chi connectivity index (χ4v) is 1.62. The van der Waals surface area contributed by atoms with Gasteiger partial charge in [-0.1, -0.05) is 32.0 Å². The van der Waals surface area contributed by atoms with Crippen molar-refractivity contribution in [1.29, 1.82) is 0 Å². The van der Waals surface area contributed by atoms with Gasteiger partial charge in [0.25, 0.3) is 0 Å². The molecule has 3 nitrogen and oxygen atoms in total. The first-order valence-electron chi connectivity index (χ1n) is 6.66. The molecule has 0 radical (unpaired) electrons. The molecule has 1 atom stereocenters. The van der Waals surface area contributed by atoms with Crippen molar-refractivity contribution in [3.05, 3.63) is 29.8 Å². The van der Waals surface area contributed by atoms with E-state index >= 15 is 0 Å². The van der Waals surface area contributed by atoms with Crippen LogP contribution in [0.25, 0.3) is 0 Å². The first-order valence-corrected chi connectivity index (χ1v) is 6.66. The topological polar surface area (TPSA) is 44.5 Å². The van der Waals surface area contributed by atoms with Crippen LogP contribution in [0.2, 0.25) is 0 Å². The maximum absolute atomic E-state index is 5.89. The summed E-state index contributed by atoms with van der Waals surface area (Å²) < 4.78 is 11.2. The Bertz CT molecular complexity index is 337. The predicted molar refractivity (Wildman–Crippen MR) is 74.8 cm³/mol. The number of hydrogen-bond acceptors (Lipinski definition) is 3. The second kappa shape index (κ2) is 8.11. The van der Waals surface area contributed by atoms with Crippen LogP contribution in [0.1, 0.15) is 38.8 Å². The van der Waals surface area contributed by atoms with Gasteiger partial charge in [-0.3, -0.25) is 0 Å². The van der Waals surface area contributed by atoms with Gasteiger partial charge in [0, 0.05) is 18.2 Å². The SMILES string of the molecule is CC(C)CCOCCOc1ccccc1[C@@H](C)N. The lowest BCUT2D eigenvalue weighted by atomic mass is 10.1. The van der Waals surface area contributed by atoms with E-state index in [1.807, 2.05) is 31.2 Å². The number of ether oxygens (including phenoxy) is 2. The van der Waals surface area contributed by atoms with Crippen molar-refractivity contribution in [2.45, 2.75) is 33.2 Å². The van der Waals surface area contributed by atoms with Crippen LogP contribution in [0.4, 0.5) is 0 Å². The van der Waals surface area contributed by atoms with Crippen LogP contribution >= 0.6 is 0 Å². The molecule has 18 heavy (non-hydrogen) atoms. The van der Waals surface area contributed by atoms with Crippen molar-refractivity contribution >= 4 is 0 Å². The summed E-state index contributed by atoms with van der Waals surface area (Å²) >= 11 is 0. The molecule has 0 aromatic heterocycles. The van der Waals surface area contributed by atoms with Crippen LogP contribution in [0, 0.1) is 5.92 Å². The summed E-state index contributed by atoms with van der Waals surface area (Å²) in [5.74, 6) is 1.55. The van der Waals surface area contributed by atoms with Crippen molar-refractivity contribution in [2.24, 2.45) is 11.7 Å². The van der Waals surface area contributed by atoms with Gasteiger partial charge in [0.15, 0.2) is 0 Å². The van der Waals surface area contributed by atoms with Crippen molar-refractivity contribution in [1.82, 2.24) is 0 Å². The molecule has 2 N–H and O–H groups in total. The highest BCUT2D eigenvalue weighted by molar-refractivity contribution is 5.35. The highest BCUT2D eigenvalue weighted by atomic mass is 16.5. The van der Waals surface area contributed by atoms with E-state index in [0.29, 0.717) is 19.1 Å². The van der Waals surface area contributed by atoms with Crippen LogP contribution in [0.15, 0.2) is 24.3 Å². The Morgan fingerprint density at radius 3 is 2.44 bits per heavy atom. The molecule has 0 amide bonds. The Kier molecular flexibility index (Phi) is 6.76. The van der Waals surface area contributed by atoms with E-state index in [0.717, 1.165) is 24.3 Å². The molecule has 0 unspecified atom stereocenters. The van der Waals surface area contributed by atoms with Crippen LogP contribution in [-0.2, 0) is 4.74 Å². The second-order valence-corrected chi connectivity index (χ2v) is 4.97. The molecular formula is C15H25NO2. The normalized spacial score (nSPS) is 12.7. The highest BCUT2D eigenvalue weighted by Crippen LogP contribution is 2.22. The molecule has 0 aliphatic carbocycles. The summed E-state index contributed by atoms with van der Waals surface area (Å²) in [6, 6.07) is 7.88. The summed E-state index contributed by atoms with van der Waals surface area (Å²) in [6.45, 7) is 8.34. The van der Waals surface area contributed by atoms with Gasteiger partial charge >= 0.3 is 0 Å². The molecule has 0 saturated heterocycles. The van der Waals surface area contributed by atoms with Crippen LogP contribution in [0.3, 0.4) is 0 Å². The first kappa shape index (κ1) is 15.0. The number of hydrogen-bond donors (Lipinski definition) is 1. The molecule has 3 heteroatoms. The van der Waals surface area contributed by atoms with Crippen LogP contribution < -0.4 is 10.5 Å². The lowest BCUT2D eigenvalue weighted by molar-refractivity contribution is 0.0922. The minimum atomic E-state index is -0.0111. The zero-order valence-electron chi connectivity index (χ0n) is 11.7. The first-order chi connectivity index (χ1) is 8.61. The molecule has 0 bridgehead atoms. The minimum absolute atomic E-state index is 0.0111. The highest BCUT2D eigenvalue weighted by Gasteiger charge is 2.06. The van der Waals surface area contributed by atoms with E-state index in [2.05, 4.69) is 13.8 Å². The molecule has 0 aliphatic rings. The molecule has 1 aromatic rings. The average molecular weight is 251 g/mol. The van der Waals surface area contributed by atoms with Gasteiger partial charge in [-0.15, -0.1) is 0 Å². The van der Waals surface area contributed by atoms with E-state index < -0.39 is 0 Å². The summed E-state index contributed by atoms with van der Waals surface area (Å²) in [6.07, 6.45) is 1.09. The van der Waals surface area contributed by atoms with Crippen molar-refractivity contribution < 1.29 is 9.47 Å². The molecule has 1 aromatic carbocycles. The summed E-state index contributed by atoms with van der Waals surface area (Å²) in [4.78, 5) is 0. The largest absolute Gasteiger partial charge is 0.491 e. The third-order valence-electron chi connectivity index (χ3n) is 2.73. The van der Waals surface area contributed by atoms with Gasteiger partial charge in [0.1, 0.15) is 12.4 Å². The van der Waals surface area contributed by atoms with E-state index in [1.165, 1.54) is 0 Å². The minimum Gasteiger partial charge on any atom is -0.491 e. The Hall–Kier alpha value is -1.06. The zero-order valence-corrected chi connectivity index (χ0v) is 11.7. The molecule has 0 aliphatic heterocycles. The van der Waals surface area contributed by atoms with E-state index in [1.54, 1.807) is 0 Å². The molecule has 0 fully saturated rings. The fraction of sp³-hybridized carbons (Fsp3) is 0.600. The number of rotatable bonds is 8. The Morgan fingerprint density at radius 2 is 1.78 bits per heavy atom. The molecule has 0 heterocycles. The predicted octanol–water partition coefficient (Wildman–Crippen LogP) is 3.15. The van der Waals surface area contributed by atoms with Crippen molar-refractivity contribution in [2.75, 3.05) is 19.8 Å². The maximum Gasteiger partial charge on any atom is 0.124 e. The number of para-hydroxylation sites is 1. The average Bonchev–Trinajstić information content (AvgIpc) is 2.33. The van der Waals surface area contributed by atoms with E-state index in [4.69, 9.17) is 15.2 Å². The number of nitrogens with two attached hydrogens (primary N) is 1. The van der Waals surface area contributed by atoms with E-state index in [-0.39, 0.29) is 6.04 Å². The van der Waals surface area contributed by atoms with Crippen molar-refractivity contribution in [3.63, 3.8) is 0 Å². The molecule has 0 saturated carbocycles. The van der Waals surface area contributed by atoms with E-state index in [9.17, 15) is 0 Å². The number of benzene rings is 1. The van der Waals surface area contributed by atoms with Crippen LogP contribution in [0.5, 0.6) is 5.75 Å². The van der Waals surface area contributed by atoms with Gasteiger partial charge in [-0.2, -0.15) is 0 Å². The fourth-order valence-electron chi connectivity index (χ4n) is 1.62. The van der Waals surface area contributed by atoms with Gasteiger partial charge in [0.2, 0.25) is 0 Å². The standard InChI is InChI=1S/C15H25NO2/c1-12(2)8-9-17-10-11-18-15-7-5-4-6-14(15)13(3)16/h4-7,12-13H,8-11,16H2,1-3H3/t13-/m1/s1. The molecule has 102 valence electrons. The van der Waals surface area contributed by atoms with Crippen LogP contribution in [-0.4, -0.2) is 19.8 Å². The lowest BCUT2D eigenvalue weighted by Crippen LogP contribution is -2.12. The van der Waals surface area contributed by atoms with Gasteiger partial charge in [-0.05, 0) is 25.3 Å². The smallest absolute Gasteiger partial charge is 0.124 e. The third kappa shape index (κ3) is 5.52. The van der Waals surface area contributed by atoms with Gasteiger partial charge in [-0.25, -0.2) is 0 Å². The van der Waals surface area contributed by atoms with Gasteiger partial charge < -0.3 is 15.2 Å². The quantitative estimate of drug-likeness (QED) is 0.722. The monoisotopic (exact) mass is 251 g/mol. The Balaban J connectivity index is 2.27. The zero-order chi connectivity index (χ0) is 13.4. The van der Waals surface area contributed by atoms with Gasteiger partial charge in [0.05, 0.1) is 6.61 Å². The Morgan fingerprint density at radius 1 is 1.06 bits per heavy atom. The van der Waals surface area contributed by atoms with Crippen molar-refractivity contribution in [3.8, 4) is 5.75 Å².